The minimum atomic E-state index is -1.04. The number of carboxylic acids is 1. The molecule has 6 heteroatoms. The molecular formula is C30H30N2O4. The van der Waals surface area contributed by atoms with E-state index in [-0.39, 0.29) is 18.4 Å². The van der Waals surface area contributed by atoms with Crippen molar-refractivity contribution in [2.75, 3.05) is 13.7 Å². The Bertz CT molecular complexity index is 1270. The number of amides is 1. The first kappa shape index (κ1) is 24.9. The zero-order valence-electron chi connectivity index (χ0n) is 20.2. The number of benzene rings is 3. The summed E-state index contributed by atoms with van der Waals surface area (Å²) in [5.74, 6) is -1.39. The van der Waals surface area contributed by atoms with Gasteiger partial charge in [0.25, 0.3) is 0 Å². The van der Waals surface area contributed by atoms with Crippen molar-refractivity contribution in [3.8, 4) is 22.3 Å². The first-order chi connectivity index (χ1) is 17.5. The first-order valence-corrected chi connectivity index (χ1v) is 11.9. The van der Waals surface area contributed by atoms with E-state index in [4.69, 9.17) is 4.74 Å². The smallest absolute Gasteiger partial charge is 0.306 e. The van der Waals surface area contributed by atoms with Gasteiger partial charge in [-0.3, -0.25) is 9.59 Å². The van der Waals surface area contributed by atoms with Crippen LogP contribution in [-0.4, -0.2) is 41.3 Å². The third kappa shape index (κ3) is 6.49. The molecule has 0 saturated heterocycles. The van der Waals surface area contributed by atoms with E-state index >= 15 is 0 Å². The van der Waals surface area contributed by atoms with Crippen LogP contribution in [0.2, 0.25) is 0 Å². The second kappa shape index (κ2) is 12.0. The van der Waals surface area contributed by atoms with Gasteiger partial charge in [-0.25, -0.2) is 0 Å². The van der Waals surface area contributed by atoms with Crippen molar-refractivity contribution in [3.63, 3.8) is 0 Å². The molecule has 1 aromatic heterocycles. The second-order valence-electron chi connectivity index (χ2n) is 8.76. The number of hydrogen-bond acceptors (Lipinski definition) is 3. The highest BCUT2D eigenvalue weighted by atomic mass is 16.5. The molecule has 4 aromatic rings. The lowest BCUT2D eigenvalue weighted by atomic mass is 10.0. The van der Waals surface area contributed by atoms with Gasteiger partial charge in [-0.2, -0.15) is 0 Å². The highest BCUT2D eigenvalue weighted by Gasteiger charge is 2.26. The predicted octanol–water partition coefficient (Wildman–Crippen LogP) is 5.21. The summed E-state index contributed by atoms with van der Waals surface area (Å²) in [6.07, 6.45) is 3.85. The van der Waals surface area contributed by atoms with Crippen LogP contribution in [-0.2, 0) is 20.7 Å². The van der Waals surface area contributed by atoms with E-state index in [2.05, 4.69) is 29.6 Å². The van der Waals surface area contributed by atoms with Crippen LogP contribution in [0.4, 0.5) is 0 Å². The molecule has 2 atom stereocenters. The van der Waals surface area contributed by atoms with Gasteiger partial charge in [-0.1, -0.05) is 84.9 Å². The average Bonchev–Trinajstić information content (AvgIpc) is 3.38. The van der Waals surface area contributed by atoms with Gasteiger partial charge in [0.15, 0.2) is 0 Å². The zero-order chi connectivity index (χ0) is 25.3. The van der Waals surface area contributed by atoms with Crippen LogP contribution in [0.3, 0.4) is 0 Å². The number of ether oxygens (including phenoxy) is 1. The highest BCUT2D eigenvalue weighted by Crippen LogP contribution is 2.26. The minimum absolute atomic E-state index is 0.276. The Labute approximate surface area is 211 Å². The summed E-state index contributed by atoms with van der Waals surface area (Å²) in [6, 6.07) is 28.9. The van der Waals surface area contributed by atoms with E-state index in [1.807, 2.05) is 72.9 Å². The predicted molar refractivity (Wildman–Crippen MR) is 141 cm³/mol. The first-order valence-electron chi connectivity index (χ1n) is 11.9. The number of methoxy groups -OCH3 is 1. The van der Waals surface area contributed by atoms with Crippen molar-refractivity contribution < 1.29 is 19.4 Å². The van der Waals surface area contributed by atoms with E-state index in [0.29, 0.717) is 13.0 Å². The van der Waals surface area contributed by atoms with Crippen molar-refractivity contribution >= 4 is 11.9 Å². The van der Waals surface area contributed by atoms with E-state index in [0.717, 1.165) is 27.8 Å². The van der Waals surface area contributed by atoms with Gasteiger partial charge in [0.2, 0.25) is 5.91 Å². The topological polar surface area (TPSA) is 80.6 Å². The Balaban J connectivity index is 1.51. The van der Waals surface area contributed by atoms with Crippen molar-refractivity contribution in [2.24, 2.45) is 0 Å². The van der Waals surface area contributed by atoms with Crippen LogP contribution < -0.4 is 5.32 Å². The lowest BCUT2D eigenvalue weighted by Gasteiger charge is -2.23. The standard InChI is InChI=1S/C30H30N2O4/c1-36-21-27(18-22-8-4-2-5-9-22)31-30(35)28(19-29(33)34)32-17-16-26(20-32)25-14-12-24(13-15-25)23-10-6-3-7-11-23/h2-17,20,27-28H,18-19,21H2,1H3,(H,31,35)(H,33,34)/t27-,28+/m0/s1. The van der Waals surface area contributed by atoms with Crippen molar-refractivity contribution in [1.29, 1.82) is 0 Å². The molecule has 0 aliphatic carbocycles. The fourth-order valence-corrected chi connectivity index (χ4v) is 4.31. The average molecular weight is 483 g/mol. The number of aliphatic carboxylic acids is 1. The molecule has 0 spiro atoms. The van der Waals surface area contributed by atoms with Crippen LogP contribution in [0.15, 0.2) is 103 Å². The summed E-state index contributed by atoms with van der Waals surface area (Å²) in [6.45, 7) is 0.325. The van der Waals surface area contributed by atoms with E-state index in [1.54, 1.807) is 17.9 Å². The zero-order valence-corrected chi connectivity index (χ0v) is 20.2. The van der Waals surface area contributed by atoms with Gasteiger partial charge in [-0.15, -0.1) is 0 Å². The summed E-state index contributed by atoms with van der Waals surface area (Å²) in [4.78, 5) is 24.9. The highest BCUT2D eigenvalue weighted by molar-refractivity contribution is 5.85. The SMILES string of the molecule is COC[C@H](Cc1ccccc1)NC(=O)[C@@H](CC(=O)O)n1ccc(-c2ccc(-c3ccccc3)cc2)c1. The van der Waals surface area contributed by atoms with Gasteiger partial charge >= 0.3 is 5.97 Å². The molecule has 1 amide bonds. The summed E-state index contributed by atoms with van der Waals surface area (Å²) in [5.41, 5.74) is 5.22. The van der Waals surface area contributed by atoms with Crippen molar-refractivity contribution in [3.05, 3.63) is 109 Å². The molecule has 0 bridgehead atoms. The lowest BCUT2D eigenvalue weighted by molar-refractivity contribution is -0.140. The lowest BCUT2D eigenvalue weighted by Crippen LogP contribution is -2.43. The molecule has 0 saturated carbocycles. The largest absolute Gasteiger partial charge is 0.481 e. The Hall–Kier alpha value is -4.16. The molecule has 3 aromatic carbocycles. The number of hydrogen-bond donors (Lipinski definition) is 2. The molecule has 1 heterocycles. The summed E-state index contributed by atoms with van der Waals surface area (Å²) in [5, 5.41) is 12.5. The Morgan fingerprint density at radius 3 is 2.03 bits per heavy atom. The van der Waals surface area contributed by atoms with Crippen molar-refractivity contribution in [2.45, 2.75) is 24.9 Å². The molecule has 0 aliphatic rings. The molecule has 0 fully saturated rings. The maximum absolute atomic E-state index is 13.3. The number of rotatable bonds is 11. The van der Waals surface area contributed by atoms with E-state index in [9.17, 15) is 14.7 Å². The van der Waals surface area contributed by atoms with Crippen LogP contribution in [0.1, 0.15) is 18.0 Å². The van der Waals surface area contributed by atoms with Gasteiger partial charge in [0.05, 0.1) is 19.1 Å². The Kier molecular flexibility index (Phi) is 8.32. The van der Waals surface area contributed by atoms with Gasteiger partial charge < -0.3 is 19.7 Å². The van der Waals surface area contributed by atoms with Gasteiger partial charge in [0, 0.05) is 19.5 Å². The summed E-state index contributed by atoms with van der Waals surface area (Å²) < 4.78 is 6.99. The van der Waals surface area contributed by atoms with Crippen molar-refractivity contribution in [1.82, 2.24) is 9.88 Å². The van der Waals surface area contributed by atoms with E-state index < -0.39 is 12.0 Å². The summed E-state index contributed by atoms with van der Waals surface area (Å²) in [7, 11) is 1.58. The number of nitrogens with zero attached hydrogens (tertiary/aromatic N) is 1. The van der Waals surface area contributed by atoms with Crippen LogP contribution in [0.25, 0.3) is 22.3 Å². The monoisotopic (exact) mass is 482 g/mol. The molecule has 36 heavy (non-hydrogen) atoms. The molecule has 0 unspecified atom stereocenters. The van der Waals surface area contributed by atoms with E-state index in [1.165, 1.54) is 0 Å². The fourth-order valence-electron chi connectivity index (χ4n) is 4.31. The fraction of sp³-hybridized carbons (Fsp3) is 0.200. The number of aromatic nitrogens is 1. The second-order valence-corrected chi connectivity index (χ2v) is 8.76. The third-order valence-electron chi connectivity index (χ3n) is 6.11. The molecule has 4 rings (SSSR count). The normalized spacial score (nSPS) is 12.6. The third-order valence-corrected chi connectivity index (χ3v) is 6.11. The van der Waals surface area contributed by atoms with Gasteiger partial charge in [-0.05, 0) is 40.3 Å². The Morgan fingerprint density at radius 1 is 0.833 bits per heavy atom. The molecule has 6 nitrogen and oxygen atoms in total. The molecule has 0 radical (unpaired) electrons. The minimum Gasteiger partial charge on any atom is -0.481 e. The summed E-state index contributed by atoms with van der Waals surface area (Å²) >= 11 is 0. The maximum Gasteiger partial charge on any atom is 0.306 e. The molecular weight excluding hydrogens is 452 g/mol. The van der Waals surface area contributed by atoms with Crippen LogP contribution in [0, 0.1) is 0 Å². The van der Waals surface area contributed by atoms with Gasteiger partial charge in [0.1, 0.15) is 6.04 Å². The Morgan fingerprint density at radius 2 is 1.42 bits per heavy atom. The number of nitrogens with one attached hydrogen (secondary N) is 1. The maximum atomic E-state index is 13.3. The number of carbonyl (C=O) groups is 2. The number of carboxylic acid groups (broad SMARTS) is 1. The molecule has 2 N–H and O–H groups in total. The van der Waals surface area contributed by atoms with Crippen LogP contribution in [0.5, 0.6) is 0 Å². The molecule has 184 valence electrons. The quantitative estimate of drug-likeness (QED) is 0.307. The number of carbonyl (C=O) groups excluding carboxylic acids is 1. The van der Waals surface area contributed by atoms with Crippen LogP contribution >= 0.6 is 0 Å². The molecule has 0 aliphatic heterocycles.